The predicted molar refractivity (Wildman–Crippen MR) is 127 cm³/mol. The van der Waals surface area contributed by atoms with Crippen molar-refractivity contribution in [3.63, 3.8) is 0 Å². The summed E-state index contributed by atoms with van der Waals surface area (Å²) in [6.07, 6.45) is 8.87. The van der Waals surface area contributed by atoms with Crippen LogP contribution in [0.15, 0.2) is 21.7 Å². The van der Waals surface area contributed by atoms with Crippen LogP contribution >= 0.6 is 39.9 Å². The Kier molecular flexibility index (Phi) is 9.26. The van der Waals surface area contributed by atoms with E-state index in [2.05, 4.69) is 76.8 Å². The summed E-state index contributed by atoms with van der Waals surface area (Å²) in [7, 11) is 5.96. The number of aryl methyl sites for hydroxylation is 3. The van der Waals surface area contributed by atoms with Crippen molar-refractivity contribution in [2.75, 3.05) is 20.6 Å². The van der Waals surface area contributed by atoms with Crippen molar-refractivity contribution in [1.29, 1.82) is 0 Å². The van der Waals surface area contributed by atoms with Gasteiger partial charge in [0, 0.05) is 63.4 Å². The molecule has 1 N–H and O–H groups in total. The van der Waals surface area contributed by atoms with Crippen LogP contribution in [-0.2, 0) is 33.0 Å². The first kappa shape index (κ1) is 23.2. The number of fused-ring (bicyclic) bond motifs is 1. The number of aromatic nitrogens is 4. The van der Waals surface area contributed by atoms with E-state index >= 15 is 0 Å². The molecule has 2 aromatic rings. The van der Waals surface area contributed by atoms with Gasteiger partial charge in [-0.3, -0.25) is 4.99 Å². The van der Waals surface area contributed by atoms with Crippen LogP contribution < -0.4 is 5.32 Å². The topological polar surface area (TPSA) is 63.3 Å². The summed E-state index contributed by atoms with van der Waals surface area (Å²) < 4.78 is 5.57. The zero-order valence-corrected chi connectivity index (χ0v) is 20.9. The van der Waals surface area contributed by atoms with E-state index in [4.69, 9.17) is 0 Å². The molecule has 1 aliphatic rings. The standard InChI is InChI=1S/C19H30BrN7.HI/c1-21-19(26(3)14-16-12-15(20)13-25(16)2)22-10-7-9-18-24-23-17-8-5-4-6-11-27(17)18;/h12-13H,4-11,14H2,1-3H3,(H,21,22);1H. The molecule has 0 aromatic carbocycles. The third-order valence-electron chi connectivity index (χ3n) is 5.09. The first-order valence-corrected chi connectivity index (χ1v) is 10.5. The molecule has 0 aliphatic carbocycles. The summed E-state index contributed by atoms with van der Waals surface area (Å²) in [6, 6.07) is 2.14. The van der Waals surface area contributed by atoms with Gasteiger partial charge in [-0.15, -0.1) is 34.2 Å². The molecule has 0 bridgehead atoms. The average molecular weight is 564 g/mol. The number of aliphatic imine (C=N–C) groups is 1. The fraction of sp³-hybridized carbons (Fsp3) is 0.632. The minimum atomic E-state index is 0. The van der Waals surface area contributed by atoms with Crippen LogP contribution in [0.1, 0.15) is 43.0 Å². The summed E-state index contributed by atoms with van der Waals surface area (Å²) in [6.45, 7) is 2.75. The number of hydrogen-bond acceptors (Lipinski definition) is 3. The molecule has 2 aromatic heterocycles. The number of hydrogen-bond donors (Lipinski definition) is 1. The lowest BCUT2D eigenvalue weighted by Crippen LogP contribution is -2.39. The van der Waals surface area contributed by atoms with Crippen LogP contribution in [0.2, 0.25) is 0 Å². The van der Waals surface area contributed by atoms with Crippen LogP contribution in [0, 0.1) is 0 Å². The number of nitrogens with one attached hydrogen (secondary N) is 1. The Labute approximate surface area is 193 Å². The highest BCUT2D eigenvalue weighted by Crippen LogP contribution is 2.16. The molecule has 0 spiro atoms. The van der Waals surface area contributed by atoms with E-state index < -0.39 is 0 Å². The lowest BCUT2D eigenvalue weighted by Gasteiger charge is -2.22. The molecular formula is C19H31BrIN7. The molecule has 0 atom stereocenters. The first-order valence-electron chi connectivity index (χ1n) is 9.72. The largest absolute Gasteiger partial charge is 0.356 e. The van der Waals surface area contributed by atoms with Gasteiger partial charge in [0.25, 0.3) is 0 Å². The molecule has 0 saturated carbocycles. The van der Waals surface area contributed by atoms with Gasteiger partial charge in [0.1, 0.15) is 11.6 Å². The minimum absolute atomic E-state index is 0. The zero-order chi connectivity index (χ0) is 19.2. The van der Waals surface area contributed by atoms with Crippen molar-refractivity contribution in [1.82, 2.24) is 29.5 Å². The van der Waals surface area contributed by atoms with Gasteiger partial charge in [-0.1, -0.05) is 6.42 Å². The Balaban J connectivity index is 0.00000280. The van der Waals surface area contributed by atoms with Crippen LogP contribution in [0.25, 0.3) is 0 Å². The molecule has 0 unspecified atom stereocenters. The van der Waals surface area contributed by atoms with Crippen molar-refractivity contribution in [3.8, 4) is 0 Å². The molecule has 3 heterocycles. The van der Waals surface area contributed by atoms with Crippen molar-refractivity contribution >= 4 is 45.9 Å². The Morgan fingerprint density at radius 2 is 2.14 bits per heavy atom. The highest BCUT2D eigenvalue weighted by molar-refractivity contribution is 14.0. The summed E-state index contributed by atoms with van der Waals surface area (Å²) in [4.78, 5) is 6.56. The van der Waals surface area contributed by atoms with E-state index in [9.17, 15) is 0 Å². The van der Waals surface area contributed by atoms with Gasteiger partial charge in [-0.25, -0.2) is 0 Å². The molecule has 1 aliphatic heterocycles. The van der Waals surface area contributed by atoms with Crippen molar-refractivity contribution in [2.24, 2.45) is 12.0 Å². The fourth-order valence-electron chi connectivity index (χ4n) is 3.60. The van der Waals surface area contributed by atoms with Gasteiger partial charge in [0.2, 0.25) is 0 Å². The molecule has 0 saturated heterocycles. The summed E-state index contributed by atoms with van der Waals surface area (Å²) >= 11 is 3.53. The molecule has 156 valence electrons. The molecule has 0 amide bonds. The Hall–Kier alpha value is -1.10. The molecule has 0 fully saturated rings. The monoisotopic (exact) mass is 563 g/mol. The number of nitrogens with zero attached hydrogens (tertiary/aromatic N) is 6. The third kappa shape index (κ3) is 5.95. The van der Waals surface area contributed by atoms with E-state index in [1.165, 1.54) is 30.8 Å². The van der Waals surface area contributed by atoms with E-state index in [-0.39, 0.29) is 24.0 Å². The van der Waals surface area contributed by atoms with Gasteiger partial charge in [0.15, 0.2) is 5.96 Å². The smallest absolute Gasteiger partial charge is 0.193 e. The second kappa shape index (κ2) is 11.2. The molecule has 3 rings (SSSR count). The van der Waals surface area contributed by atoms with Crippen molar-refractivity contribution in [3.05, 3.63) is 34.1 Å². The van der Waals surface area contributed by atoms with Gasteiger partial charge in [-0.2, -0.15) is 0 Å². The highest BCUT2D eigenvalue weighted by Gasteiger charge is 2.14. The van der Waals surface area contributed by atoms with Crippen LogP contribution in [-0.4, -0.2) is 50.8 Å². The molecular weight excluding hydrogens is 533 g/mol. The van der Waals surface area contributed by atoms with Crippen LogP contribution in [0.5, 0.6) is 0 Å². The highest BCUT2D eigenvalue weighted by atomic mass is 127. The second-order valence-electron chi connectivity index (χ2n) is 7.19. The van der Waals surface area contributed by atoms with Gasteiger partial charge in [0.05, 0.1) is 6.54 Å². The normalized spacial score (nSPS) is 14.2. The van der Waals surface area contributed by atoms with Crippen LogP contribution in [0.3, 0.4) is 0 Å². The molecule has 7 nitrogen and oxygen atoms in total. The first-order chi connectivity index (χ1) is 13.1. The van der Waals surface area contributed by atoms with Crippen LogP contribution in [0.4, 0.5) is 0 Å². The fourth-order valence-corrected chi connectivity index (χ4v) is 4.17. The van der Waals surface area contributed by atoms with Gasteiger partial charge in [-0.05, 0) is 41.3 Å². The van der Waals surface area contributed by atoms with Crippen molar-refractivity contribution in [2.45, 2.75) is 51.6 Å². The van der Waals surface area contributed by atoms with E-state index in [0.717, 1.165) is 55.2 Å². The maximum absolute atomic E-state index is 4.42. The summed E-state index contributed by atoms with van der Waals surface area (Å²) in [5, 5.41) is 12.3. The summed E-state index contributed by atoms with van der Waals surface area (Å²) in [5.41, 5.74) is 1.23. The van der Waals surface area contributed by atoms with Gasteiger partial charge >= 0.3 is 0 Å². The summed E-state index contributed by atoms with van der Waals surface area (Å²) in [5.74, 6) is 3.21. The minimum Gasteiger partial charge on any atom is -0.356 e. The number of rotatable bonds is 6. The number of halogens is 2. The lowest BCUT2D eigenvalue weighted by atomic mass is 10.2. The lowest BCUT2D eigenvalue weighted by molar-refractivity contribution is 0.460. The van der Waals surface area contributed by atoms with E-state index in [1.54, 1.807) is 0 Å². The Morgan fingerprint density at radius 1 is 1.32 bits per heavy atom. The zero-order valence-electron chi connectivity index (χ0n) is 17.0. The average Bonchev–Trinajstić information content (AvgIpc) is 3.07. The Bertz CT molecular complexity index is 783. The third-order valence-corrected chi connectivity index (χ3v) is 5.53. The molecule has 0 radical (unpaired) electrons. The molecule has 9 heteroatoms. The predicted octanol–water partition coefficient (Wildman–Crippen LogP) is 3.36. The maximum Gasteiger partial charge on any atom is 0.193 e. The molecule has 28 heavy (non-hydrogen) atoms. The second-order valence-corrected chi connectivity index (χ2v) is 8.10. The maximum atomic E-state index is 4.42. The number of guanidine groups is 1. The van der Waals surface area contributed by atoms with E-state index in [1.807, 2.05) is 7.05 Å². The van der Waals surface area contributed by atoms with E-state index in [0.29, 0.717) is 0 Å². The SMILES string of the molecule is CN=C(NCCCc1nnc2n1CCCCC2)N(C)Cc1cc(Br)cn1C.I. The van der Waals surface area contributed by atoms with Gasteiger partial charge < -0.3 is 19.4 Å². The van der Waals surface area contributed by atoms with Crippen molar-refractivity contribution < 1.29 is 0 Å². The quantitative estimate of drug-likeness (QED) is 0.253. The Morgan fingerprint density at radius 3 is 2.86 bits per heavy atom.